The summed E-state index contributed by atoms with van der Waals surface area (Å²) < 4.78 is 22.3. The molecule has 0 radical (unpaired) electrons. The minimum Gasteiger partial charge on any atom is -0.352 e. The number of thiophene rings is 1. The zero-order chi connectivity index (χ0) is 15.3. The van der Waals surface area contributed by atoms with Crippen molar-refractivity contribution in [1.82, 2.24) is 5.32 Å². The second-order valence-corrected chi connectivity index (χ2v) is 7.24. The number of primary sulfonamides is 1. The van der Waals surface area contributed by atoms with Crippen LogP contribution in [0.4, 0.5) is 0 Å². The van der Waals surface area contributed by atoms with E-state index in [1.54, 1.807) is 0 Å². The van der Waals surface area contributed by atoms with Crippen LogP contribution in [0.1, 0.15) is 22.3 Å². The van der Waals surface area contributed by atoms with Crippen molar-refractivity contribution in [2.24, 2.45) is 5.14 Å². The van der Waals surface area contributed by atoms with Gasteiger partial charge in [-0.2, -0.15) is 0 Å². The van der Waals surface area contributed by atoms with Gasteiger partial charge in [0.1, 0.15) is 4.21 Å². The van der Waals surface area contributed by atoms with E-state index < -0.39 is 10.0 Å². The Morgan fingerprint density at radius 2 is 1.95 bits per heavy atom. The number of amides is 1. The fourth-order valence-electron chi connectivity index (χ4n) is 1.83. The number of benzene rings is 1. The normalized spacial score (nSPS) is 11.3. The van der Waals surface area contributed by atoms with Gasteiger partial charge in [0.2, 0.25) is 10.0 Å². The van der Waals surface area contributed by atoms with Crippen molar-refractivity contribution in [3.63, 3.8) is 0 Å². The third kappa shape index (κ3) is 4.66. The molecule has 0 aliphatic rings. The van der Waals surface area contributed by atoms with Gasteiger partial charge in [-0.05, 0) is 24.5 Å². The molecule has 3 N–H and O–H groups in total. The maximum atomic E-state index is 11.9. The fourth-order valence-corrected chi connectivity index (χ4v) is 3.41. The van der Waals surface area contributed by atoms with Gasteiger partial charge in [-0.15, -0.1) is 11.3 Å². The molecule has 7 heteroatoms. The van der Waals surface area contributed by atoms with Gasteiger partial charge in [-0.25, -0.2) is 13.6 Å². The Morgan fingerprint density at radius 3 is 2.57 bits per heavy atom. The monoisotopic (exact) mass is 324 g/mol. The average Bonchev–Trinajstić information content (AvgIpc) is 2.94. The Hall–Kier alpha value is -1.70. The number of nitrogens with one attached hydrogen (secondary N) is 1. The van der Waals surface area contributed by atoms with Gasteiger partial charge >= 0.3 is 0 Å². The molecule has 21 heavy (non-hydrogen) atoms. The van der Waals surface area contributed by atoms with E-state index in [0.29, 0.717) is 12.1 Å². The molecule has 0 saturated heterocycles. The molecule has 1 heterocycles. The lowest BCUT2D eigenvalue weighted by atomic mass is 10.1. The molecule has 1 aromatic carbocycles. The highest BCUT2D eigenvalue weighted by atomic mass is 32.2. The van der Waals surface area contributed by atoms with Crippen LogP contribution in [0.5, 0.6) is 0 Å². The van der Waals surface area contributed by atoms with Gasteiger partial charge in [-0.1, -0.05) is 30.3 Å². The largest absolute Gasteiger partial charge is 0.352 e. The summed E-state index contributed by atoms with van der Waals surface area (Å²) in [6.45, 7) is 0.536. The summed E-state index contributed by atoms with van der Waals surface area (Å²) in [4.78, 5) is 11.9. The predicted octanol–water partition coefficient (Wildman–Crippen LogP) is 1.76. The van der Waals surface area contributed by atoms with Crippen molar-refractivity contribution in [2.75, 3.05) is 6.54 Å². The summed E-state index contributed by atoms with van der Waals surface area (Å²) in [7, 11) is -3.74. The van der Waals surface area contributed by atoms with Gasteiger partial charge in [0.15, 0.2) is 0 Å². The van der Waals surface area contributed by atoms with Crippen LogP contribution in [0.15, 0.2) is 46.0 Å². The molecule has 112 valence electrons. The first-order valence-electron chi connectivity index (χ1n) is 6.40. The SMILES string of the molecule is NS(=O)(=O)c1cc(C(=O)NCCCc2ccccc2)cs1. The first kappa shape index (κ1) is 15.7. The summed E-state index contributed by atoms with van der Waals surface area (Å²) >= 11 is 0.947. The molecule has 0 fully saturated rings. The van der Waals surface area contributed by atoms with Crippen LogP contribution in [-0.4, -0.2) is 20.9 Å². The van der Waals surface area contributed by atoms with Gasteiger partial charge in [0.25, 0.3) is 5.91 Å². The smallest absolute Gasteiger partial charge is 0.252 e. The summed E-state index contributed by atoms with van der Waals surface area (Å²) in [6, 6.07) is 11.3. The molecule has 2 aromatic rings. The zero-order valence-corrected chi connectivity index (χ0v) is 12.9. The quantitative estimate of drug-likeness (QED) is 0.793. The van der Waals surface area contributed by atoms with Crippen LogP contribution >= 0.6 is 11.3 Å². The lowest BCUT2D eigenvalue weighted by Crippen LogP contribution is -2.24. The third-order valence-corrected chi connectivity index (χ3v) is 5.27. The number of carbonyl (C=O) groups excluding carboxylic acids is 1. The van der Waals surface area contributed by atoms with E-state index in [4.69, 9.17) is 5.14 Å². The number of aryl methyl sites for hydroxylation is 1. The van der Waals surface area contributed by atoms with E-state index in [0.717, 1.165) is 24.2 Å². The first-order chi connectivity index (χ1) is 9.97. The number of nitrogens with two attached hydrogens (primary N) is 1. The molecule has 1 aromatic heterocycles. The summed E-state index contributed by atoms with van der Waals surface area (Å²) in [5.41, 5.74) is 1.54. The van der Waals surface area contributed by atoms with Crippen molar-refractivity contribution in [3.05, 3.63) is 52.9 Å². The van der Waals surface area contributed by atoms with Gasteiger partial charge in [0.05, 0.1) is 5.56 Å². The van der Waals surface area contributed by atoms with Crippen molar-refractivity contribution in [1.29, 1.82) is 0 Å². The van der Waals surface area contributed by atoms with Gasteiger partial charge in [0, 0.05) is 11.9 Å². The fraction of sp³-hybridized carbons (Fsp3) is 0.214. The molecule has 0 unspecified atom stereocenters. The highest BCUT2D eigenvalue weighted by molar-refractivity contribution is 7.91. The molecule has 5 nitrogen and oxygen atoms in total. The van der Waals surface area contributed by atoms with E-state index in [1.807, 2.05) is 30.3 Å². The summed E-state index contributed by atoms with van der Waals surface area (Å²) in [5, 5.41) is 9.27. The number of carbonyl (C=O) groups is 1. The standard InChI is InChI=1S/C14H16N2O3S2/c15-21(18,19)13-9-12(10-20-13)14(17)16-8-4-7-11-5-2-1-3-6-11/h1-3,5-6,9-10H,4,7-8H2,(H,16,17)(H2,15,18,19). The minimum absolute atomic E-state index is 0.00284. The van der Waals surface area contributed by atoms with Crippen LogP contribution in [0.2, 0.25) is 0 Å². The summed E-state index contributed by atoms with van der Waals surface area (Å²) in [5.74, 6) is -0.283. The van der Waals surface area contributed by atoms with Crippen LogP contribution in [0.3, 0.4) is 0 Å². The molecular formula is C14H16N2O3S2. The molecule has 2 rings (SSSR count). The van der Waals surface area contributed by atoms with Crippen LogP contribution < -0.4 is 10.5 Å². The molecule has 0 aliphatic carbocycles. The zero-order valence-electron chi connectivity index (χ0n) is 11.3. The van der Waals surface area contributed by atoms with E-state index in [9.17, 15) is 13.2 Å². The maximum absolute atomic E-state index is 11.9. The van der Waals surface area contributed by atoms with Crippen molar-refractivity contribution < 1.29 is 13.2 Å². The van der Waals surface area contributed by atoms with E-state index >= 15 is 0 Å². The lowest BCUT2D eigenvalue weighted by molar-refractivity contribution is 0.0953. The Balaban J connectivity index is 1.81. The van der Waals surface area contributed by atoms with E-state index in [2.05, 4.69) is 5.32 Å². The lowest BCUT2D eigenvalue weighted by Gasteiger charge is -2.04. The van der Waals surface area contributed by atoms with Crippen molar-refractivity contribution in [2.45, 2.75) is 17.1 Å². The Bertz CT molecular complexity index is 709. The number of rotatable bonds is 6. The summed E-state index contributed by atoms with van der Waals surface area (Å²) in [6.07, 6.45) is 1.70. The molecular weight excluding hydrogens is 308 g/mol. The molecule has 0 aliphatic heterocycles. The van der Waals surface area contributed by atoms with Crippen LogP contribution in [0, 0.1) is 0 Å². The van der Waals surface area contributed by atoms with Gasteiger partial charge < -0.3 is 5.32 Å². The maximum Gasteiger partial charge on any atom is 0.252 e. The second-order valence-electron chi connectivity index (χ2n) is 4.54. The molecule has 0 saturated carbocycles. The first-order valence-corrected chi connectivity index (χ1v) is 8.83. The Kier molecular flexibility index (Phi) is 5.11. The average molecular weight is 324 g/mol. The van der Waals surface area contributed by atoms with Crippen molar-refractivity contribution >= 4 is 27.3 Å². The highest BCUT2D eigenvalue weighted by Crippen LogP contribution is 2.18. The molecule has 0 bridgehead atoms. The topological polar surface area (TPSA) is 89.3 Å². The van der Waals surface area contributed by atoms with Crippen LogP contribution in [-0.2, 0) is 16.4 Å². The molecule has 1 amide bonds. The Labute approximate surface area is 127 Å². The highest BCUT2D eigenvalue weighted by Gasteiger charge is 2.14. The molecule has 0 atom stereocenters. The number of sulfonamides is 1. The van der Waals surface area contributed by atoms with E-state index in [-0.39, 0.29) is 10.1 Å². The van der Waals surface area contributed by atoms with Crippen LogP contribution in [0.25, 0.3) is 0 Å². The second kappa shape index (κ2) is 6.84. The van der Waals surface area contributed by atoms with Crippen molar-refractivity contribution in [3.8, 4) is 0 Å². The molecule has 0 spiro atoms. The third-order valence-electron chi connectivity index (χ3n) is 2.89. The predicted molar refractivity (Wildman–Crippen MR) is 82.8 cm³/mol. The Morgan fingerprint density at radius 1 is 1.24 bits per heavy atom. The van der Waals surface area contributed by atoms with E-state index in [1.165, 1.54) is 17.0 Å². The van der Waals surface area contributed by atoms with Gasteiger partial charge in [-0.3, -0.25) is 4.79 Å². The number of hydrogen-bond acceptors (Lipinski definition) is 4. The number of hydrogen-bond donors (Lipinski definition) is 2. The minimum atomic E-state index is -3.74.